The van der Waals surface area contributed by atoms with Crippen LogP contribution < -0.4 is 15.4 Å². The lowest BCUT2D eigenvalue weighted by Gasteiger charge is -2.09. The SMILES string of the molecule is CC(=O)Oc1cccc(C(=O)Nc2ccc(NC(=O)c3cccc(C)c3)cc2)c1. The maximum Gasteiger partial charge on any atom is 0.308 e. The fourth-order valence-corrected chi connectivity index (χ4v) is 2.70. The molecule has 0 fully saturated rings. The summed E-state index contributed by atoms with van der Waals surface area (Å²) in [6, 6.07) is 20.5. The van der Waals surface area contributed by atoms with Gasteiger partial charge in [-0.15, -0.1) is 0 Å². The topological polar surface area (TPSA) is 84.5 Å². The molecule has 6 nitrogen and oxygen atoms in total. The van der Waals surface area contributed by atoms with Crippen LogP contribution in [-0.4, -0.2) is 17.8 Å². The van der Waals surface area contributed by atoms with Gasteiger partial charge in [-0.1, -0.05) is 23.8 Å². The molecule has 2 N–H and O–H groups in total. The van der Waals surface area contributed by atoms with Crippen LogP contribution in [0.5, 0.6) is 5.75 Å². The molecule has 0 aliphatic carbocycles. The van der Waals surface area contributed by atoms with Crippen LogP contribution >= 0.6 is 0 Å². The van der Waals surface area contributed by atoms with Crippen LogP contribution in [0.15, 0.2) is 72.8 Å². The third-order valence-electron chi connectivity index (χ3n) is 4.04. The van der Waals surface area contributed by atoms with Gasteiger partial charge in [0, 0.05) is 29.4 Å². The van der Waals surface area contributed by atoms with Crippen molar-refractivity contribution in [2.75, 3.05) is 10.6 Å². The minimum Gasteiger partial charge on any atom is -0.427 e. The van der Waals surface area contributed by atoms with E-state index in [9.17, 15) is 14.4 Å². The molecule has 0 unspecified atom stereocenters. The Bertz CT molecular complexity index is 1060. The van der Waals surface area contributed by atoms with Gasteiger partial charge in [-0.25, -0.2) is 0 Å². The zero-order chi connectivity index (χ0) is 20.8. The summed E-state index contributed by atoms with van der Waals surface area (Å²) in [6.45, 7) is 3.22. The Morgan fingerprint density at radius 2 is 1.24 bits per heavy atom. The lowest BCUT2D eigenvalue weighted by atomic mass is 10.1. The predicted octanol–water partition coefficient (Wildman–Crippen LogP) is 4.42. The summed E-state index contributed by atoms with van der Waals surface area (Å²) in [5, 5.41) is 5.59. The third-order valence-corrected chi connectivity index (χ3v) is 4.04. The molecule has 3 rings (SSSR count). The first kappa shape index (κ1) is 19.8. The minimum absolute atomic E-state index is 0.201. The monoisotopic (exact) mass is 388 g/mol. The van der Waals surface area contributed by atoms with Gasteiger partial charge in [0.05, 0.1) is 0 Å². The van der Waals surface area contributed by atoms with Crippen molar-refractivity contribution in [1.29, 1.82) is 0 Å². The van der Waals surface area contributed by atoms with Crippen LogP contribution in [0.3, 0.4) is 0 Å². The highest BCUT2D eigenvalue weighted by molar-refractivity contribution is 6.06. The number of carbonyl (C=O) groups is 3. The molecule has 0 aliphatic heterocycles. The summed E-state index contributed by atoms with van der Waals surface area (Å²) in [5.41, 5.74) is 3.14. The summed E-state index contributed by atoms with van der Waals surface area (Å²) in [7, 11) is 0. The molecule has 2 amide bonds. The zero-order valence-electron chi connectivity index (χ0n) is 16.1. The van der Waals surface area contributed by atoms with Gasteiger partial charge >= 0.3 is 5.97 Å². The molecular formula is C23H20N2O4. The summed E-state index contributed by atoms with van der Waals surface area (Å²) >= 11 is 0. The van der Waals surface area contributed by atoms with E-state index in [1.807, 2.05) is 25.1 Å². The van der Waals surface area contributed by atoms with Crippen molar-refractivity contribution in [3.05, 3.63) is 89.5 Å². The average Bonchev–Trinajstić information content (AvgIpc) is 2.69. The van der Waals surface area contributed by atoms with Gasteiger partial charge in [0.1, 0.15) is 5.75 Å². The average molecular weight is 388 g/mol. The van der Waals surface area contributed by atoms with Crippen LogP contribution in [-0.2, 0) is 4.79 Å². The summed E-state index contributed by atoms with van der Waals surface area (Å²) < 4.78 is 4.99. The molecular weight excluding hydrogens is 368 g/mol. The lowest BCUT2D eigenvalue weighted by molar-refractivity contribution is -0.131. The van der Waals surface area contributed by atoms with Crippen LogP contribution in [0.25, 0.3) is 0 Å². The molecule has 0 heterocycles. The zero-order valence-corrected chi connectivity index (χ0v) is 16.1. The number of rotatable bonds is 5. The number of ether oxygens (including phenoxy) is 1. The van der Waals surface area contributed by atoms with E-state index in [0.29, 0.717) is 28.3 Å². The first-order valence-corrected chi connectivity index (χ1v) is 8.98. The number of anilines is 2. The van der Waals surface area contributed by atoms with Crippen molar-refractivity contribution >= 4 is 29.2 Å². The van der Waals surface area contributed by atoms with E-state index in [1.165, 1.54) is 13.0 Å². The van der Waals surface area contributed by atoms with E-state index in [4.69, 9.17) is 4.74 Å². The Labute approximate surface area is 168 Å². The van der Waals surface area contributed by atoms with E-state index in [2.05, 4.69) is 10.6 Å². The number of hydrogen-bond acceptors (Lipinski definition) is 4. The summed E-state index contributed by atoms with van der Waals surface area (Å²) in [6.07, 6.45) is 0. The quantitative estimate of drug-likeness (QED) is 0.500. The maximum absolute atomic E-state index is 12.4. The van der Waals surface area contributed by atoms with E-state index in [0.717, 1.165) is 5.56 Å². The van der Waals surface area contributed by atoms with Gasteiger partial charge in [0.2, 0.25) is 0 Å². The smallest absolute Gasteiger partial charge is 0.308 e. The van der Waals surface area contributed by atoms with Crippen LogP contribution in [0, 0.1) is 6.92 Å². The first-order chi connectivity index (χ1) is 13.9. The van der Waals surface area contributed by atoms with Crippen molar-refractivity contribution in [2.24, 2.45) is 0 Å². The van der Waals surface area contributed by atoms with Crippen LogP contribution in [0.1, 0.15) is 33.2 Å². The first-order valence-electron chi connectivity index (χ1n) is 8.98. The summed E-state index contributed by atoms with van der Waals surface area (Å²) in [4.78, 5) is 35.8. The number of esters is 1. The van der Waals surface area contributed by atoms with Gasteiger partial charge in [0.15, 0.2) is 0 Å². The molecule has 0 saturated heterocycles. The molecule has 0 aromatic heterocycles. The molecule has 0 atom stereocenters. The molecule has 3 aromatic rings. The molecule has 0 aliphatic rings. The Balaban J connectivity index is 1.64. The van der Waals surface area contributed by atoms with E-state index >= 15 is 0 Å². The Hall–Kier alpha value is -3.93. The summed E-state index contributed by atoms with van der Waals surface area (Å²) in [5.74, 6) is -0.687. The number of aryl methyl sites for hydroxylation is 1. The molecule has 6 heteroatoms. The molecule has 146 valence electrons. The van der Waals surface area contributed by atoms with Crippen molar-refractivity contribution in [2.45, 2.75) is 13.8 Å². The van der Waals surface area contributed by atoms with Crippen LogP contribution in [0.4, 0.5) is 11.4 Å². The van der Waals surface area contributed by atoms with Crippen molar-refractivity contribution in [1.82, 2.24) is 0 Å². The largest absolute Gasteiger partial charge is 0.427 e. The van der Waals surface area contributed by atoms with Crippen LogP contribution in [0.2, 0.25) is 0 Å². The Kier molecular flexibility index (Phi) is 6.04. The second-order valence-electron chi connectivity index (χ2n) is 6.48. The second-order valence-corrected chi connectivity index (χ2v) is 6.48. The maximum atomic E-state index is 12.4. The number of amides is 2. The van der Waals surface area contributed by atoms with Crippen molar-refractivity contribution < 1.29 is 19.1 Å². The highest BCUT2D eigenvalue weighted by Crippen LogP contribution is 2.18. The minimum atomic E-state index is -0.453. The highest BCUT2D eigenvalue weighted by atomic mass is 16.5. The van der Waals surface area contributed by atoms with Gasteiger partial charge in [-0.3, -0.25) is 14.4 Å². The van der Waals surface area contributed by atoms with Crippen molar-refractivity contribution in [3.63, 3.8) is 0 Å². The molecule has 29 heavy (non-hydrogen) atoms. The van der Waals surface area contributed by atoms with E-state index in [-0.39, 0.29) is 11.8 Å². The molecule has 0 radical (unpaired) electrons. The van der Waals surface area contributed by atoms with Gasteiger partial charge in [-0.2, -0.15) is 0 Å². The van der Waals surface area contributed by atoms with E-state index < -0.39 is 5.97 Å². The number of hydrogen-bond donors (Lipinski definition) is 2. The molecule has 3 aromatic carbocycles. The fraction of sp³-hybridized carbons (Fsp3) is 0.0870. The standard InChI is InChI=1S/C23H20N2O4/c1-15-5-3-6-17(13-15)22(27)24-19-9-11-20(12-10-19)25-23(28)18-7-4-8-21(14-18)29-16(2)26/h3-14H,1-2H3,(H,24,27)(H,25,28). The fourth-order valence-electron chi connectivity index (χ4n) is 2.70. The molecule has 0 saturated carbocycles. The van der Waals surface area contributed by atoms with Gasteiger partial charge < -0.3 is 15.4 Å². The molecule has 0 bridgehead atoms. The predicted molar refractivity (Wildman–Crippen MR) is 111 cm³/mol. The normalized spacial score (nSPS) is 10.1. The van der Waals surface area contributed by atoms with Gasteiger partial charge in [-0.05, 0) is 61.5 Å². The van der Waals surface area contributed by atoms with Gasteiger partial charge in [0.25, 0.3) is 11.8 Å². The number of benzene rings is 3. The number of nitrogens with one attached hydrogen (secondary N) is 2. The molecule has 0 spiro atoms. The third kappa shape index (κ3) is 5.52. The number of carbonyl (C=O) groups excluding carboxylic acids is 3. The highest BCUT2D eigenvalue weighted by Gasteiger charge is 2.09. The lowest BCUT2D eigenvalue weighted by Crippen LogP contribution is -2.13. The van der Waals surface area contributed by atoms with Crippen molar-refractivity contribution in [3.8, 4) is 5.75 Å². The Morgan fingerprint density at radius 3 is 1.76 bits per heavy atom. The second kappa shape index (κ2) is 8.84. The Morgan fingerprint density at radius 1 is 0.724 bits per heavy atom. The van der Waals surface area contributed by atoms with E-state index in [1.54, 1.807) is 48.5 Å².